The molecule has 174 valence electrons. The van der Waals surface area contributed by atoms with Gasteiger partial charge < -0.3 is 25.0 Å². The Morgan fingerprint density at radius 2 is 1.82 bits per heavy atom. The quantitative estimate of drug-likeness (QED) is 0.296. The highest BCUT2D eigenvalue weighted by Crippen LogP contribution is 2.21. The molecule has 4 rings (SSSR count). The number of hydrogen-bond acceptors (Lipinski definition) is 6. The predicted molar refractivity (Wildman–Crippen MR) is 125 cm³/mol. The Hall–Kier alpha value is -3.66. The van der Waals surface area contributed by atoms with Crippen LogP contribution in [-0.2, 0) is 4.74 Å². The predicted octanol–water partition coefficient (Wildman–Crippen LogP) is 3.06. The van der Waals surface area contributed by atoms with Crippen LogP contribution in [0.15, 0.2) is 53.5 Å². The number of rotatable bonds is 6. The normalized spacial score (nSPS) is 18.9. The molecule has 0 radical (unpaired) electrons. The van der Waals surface area contributed by atoms with Gasteiger partial charge in [0.2, 0.25) is 0 Å². The van der Waals surface area contributed by atoms with Crippen molar-refractivity contribution in [2.45, 2.75) is 18.9 Å². The molecule has 0 saturated carbocycles. The molecule has 1 atom stereocenters. The number of aliphatic imine (C=N–C) groups is 1. The van der Waals surface area contributed by atoms with Gasteiger partial charge in [0.15, 0.2) is 5.96 Å². The van der Waals surface area contributed by atoms with Crippen LogP contribution in [0.4, 0.5) is 17.1 Å². The fourth-order valence-corrected chi connectivity index (χ4v) is 3.98. The van der Waals surface area contributed by atoms with Crippen molar-refractivity contribution in [3.05, 3.63) is 64.2 Å². The fraction of sp³-hybridized carbons (Fsp3) is 0.391. The first-order valence-electron chi connectivity index (χ1n) is 11.0. The first kappa shape index (κ1) is 22.5. The molecule has 0 aliphatic carbocycles. The third-order valence-electron chi connectivity index (χ3n) is 5.86. The van der Waals surface area contributed by atoms with Gasteiger partial charge in [-0.25, -0.2) is 4.79 Å². The zero-order valence-electron chi connectivity index (χ0n) is 18.2. The van der Waals surface area contributed by atoms with Crippen molar-refractivity contribution in [1.82, 2.24) is 4.90 Å². The number of non-ortho nitro benzene ring substituents is 1. The van der Waals surface area contributed by atoms with E-state index in [4.69, 9.17) is 14.8 Å². The van der Waals surface area contributed by atoms with Gasteiger partial charge in [-0.2, -0.15) is 0 Å². The van der Waals surface area contributed by atoms with E-state index in [2.05, 4.69) is 15.1 Å². The molecule has 0 aromatic heterocycles. The molecule has 10 nitrogen and oxygen atoms in total. The molecule has 2 aromatic carbocycles. The van der Waals surface area contributed by atoms with Gasteiger partial charge in [-0.1, -0.05) is 0 Å². The molecule has 2 aliphatic heterocycles. The van der Waals surface area contributed by atoms with E-state index in [0.29, 0.717) is 6.54 Å². The SMILES string of the molecule is O=C(O)c1ccc(NC(=NCC2CCCO2)N2CCN(c3ccc([N+](=O)[O-])cc3)CC2)cc1. The number of benzene rings is 2. The lowest BCUT2D eigenvalue weighted by molar-refractivity contribution is -0.384. The van der Waals surface area contributed by atoms with E-state index in [1.165, 1.54) is 12.1 Å². The summed E-state index contributed by atoms with van der Waals surface area (Å²) in [4.78, 5) is 30.8. The molecular weight excluding hydrogens is 426 g/mol. The van der Waals surface area contributed by atoms with Crippen LogP contribution in [0.5, 0.6) is 0 Å². The summed E-state index contributed by atoms with van der Waals surface area (Å²) < 4.78 is 5.71. The summed E-state index contributed by atoms with van der Waals surface area (Å²) in [6.45, 7) is 4.28. The Morgan fingerprint density at radius 3 is 2.39 bits per heavy atom. The Kier molecular flexibility index (Phi) is 7.04. The van der Waals surface area contributed by atoms with Crippen molar-refractivity contribution in [1.29, 1.82) is 0 Å². The lowest BCUT2D eigenvalue weighted by Gasteiger charge is -2.37. The van der Waals surface area contributed by atoms with Gasteiger partial charge >= 0.3 is 5.97 Å². The third kappa shape index (κ3) is 5.78. The average molecular weight is 453 g/mol. The second-order valence-electron chi connectivity index (χ2n) is 8.05. The van der Waals surface area contributed by atoms with E-state index >= 15 is 0 Å². The lowest BCUT2D eigenvalue weighted by atomic mass is 10.2. The highest BCUT2D eigenvalue weighted by Gasteiger charge is 2.22. The van der Waals surface area contributed by atoms with E-state index in [1.54, 1.807) is 36.4 Å². The maximum atomic E-state index is 11.1. The Morgan fingerprint density at radius 1 is 1.12 bits per heavy atom. The molecule has 2 heterocycles. The molecule has 33 heavy (non-hydrogen) atoms. The van der Waals surface area contributed by atoms with Gasteiger partial charge in [0, 0.05) is 56.3 Å². The summed E-state index contributed by atoms with van der Waals surface area (Å²) in [7, 11) is 0. The van der Waals surface area contributed by atoms with Crippen LogP contribution >= 0.6 is 0 Å². The molecule has 2 aliphatic rings. The molecule has 0 spiro atoms. The highest BCUT2D eigenvalue weighted by molar-refractivity contribution is 5.95. The Bertz CT molecular complexity index is 995. The van der Waals surface area contributed by atoms with Crippen molar-refractivity contribution in [2.24, 2.45) is 4.99 Å². The van der Waals surface area contributed by atoms with Gasteiger partial charge in [-0.3, -0.25) is 15.1 Å². The van der Waals surface area contributed by atoms with Crippen LogP contribution in [0.1, 0.15) is 23.2 Å². The first-order valence-corrected chi connectivity index (χ1v) is 11.0. The second-order valence-corrected chi connectivity index (χ2v) is 8.05. The van der Waals surface area contributed by atoms with Crippen LogP contribution in [0.3, 0.4) is 0 Å². The number of nitro benzene ring substituents is 1. The smallest absolute Gasteiger partial charge is 0.335 e. The third-order valence-corrected chi connectivity index (χ3v) is 5.86. The zero-order chi connectivity index (χ0) is 23.2. The number of guanidine groups is 1. The van der Waals surface area contributed by atoms with Gasteiger partial charge in [0.05, 0.1) is 23.1 Å². The second kappa shape index (κ2) is 10.3. The summed E-state index contributed by atoms with van der Waals surface area (Å²) in [5, 5.41) is 23.4. The van der Waals surface area contributed by atoms with E-state index in [9.17, 15) is 14.9 Å². The van der Waals surface area contributed by atoms with Crippen molar-refractivity contribution >= 4 is 29.0 Å². The first-order chi connectivity index (χ1) is 16.0. The number of aromatic carboxylic acids is 1. The minimum Gasteiger partial charge on any atom is -0.478 e. The Labute approximate surface area is 191 Å². The van der Waals surface area contributed by atoms with Crippen molar-refractivity contribution in [2.75, 3.05) is 49.5 Å². The number of nitro groups is 1. The summed E-state index contributed by atoms with van der Waals surface area (Å²) in [6, 6.07) is 13.2. The van der Waals surface area contributed by atoms with E-state index in [1.807, 2.05) is 0 Å². The van der Waals surface area contributed by atoms with Crippen molar-refractivity contribution in [3.63, 3.8) is 0 Å². The number of hydrogen-bond donors (Lipinski definition) is 2. The molecular formula is C23H27N5O5. The molecule has 0 bridgehead atoms. The van der Waals surface area contributed by atoms with Crippen LogP contribution in [-0.4, -0.2) is 72.3 Å². The number of carboxylic acids is 1. The molecule has 0 amide bonds. The maximum absolute atomic E-state index is 11.1. The van der Waals surface area contributed by atoms with Crippen LogP contribution in [0.2, 0.25) is 0 Å². The van der Waals surface area contributed by atoms with Gasteiger partial charge in [0.25, 0.3) is 5.69 Å². The highest BCUT2D eigenvalue weighted by atomic mass is 16.6. The number of carboxylic acid groups (broad SMARTS) is 1. The standard InChI is InChI=1S/C23H27N5O5/c29-22(30)17-3-5-18(6-4-17)25-23(24-16-21-2-1-15-33-21)27-13-11-26(12-14-27)19-7-9-20(10-8-19)28(31)32/h3-10,21H,1-2,11-16H2,(H,24,25)(H,29,30). The maximum Gasteiger partial charge on any atom is 0.335 e. The van der Waals surface area contributed by atoms with E-state index < -0.39 is 10.9 Å². The monoisotopic (exact) mass is 453 g/mol. The molecule has 2 saturated heterocycles. The molecule has 2 fully saturated rings. The summed E-state index contributed by atoms with van der Waals surface area (Å²) >= 11 is 0. The number of nitrogens with zero attached hydrogens (tertiary/aromatic N) is 4. The van der Waals surface area contributed by atoms with Gasteiger partial charge in [-0.15, -0.1) is 0 Å². The fourth-order valence-electron chi connectivity index (χ4n) is 3.98. The average Bonchev–Trinajstić information content (AvgIpc) is 3.36. The van der Waals surface area contributed by atoms with Gasteiger partial charge in [-0.05, 0) is 49.2 Å². The van der Waals surface area contributed by atoms with Gasteiger partial charge in [0.1, 0.15) is 0 Å². The minimum atomic E-state index is -0.962. The Balaban J connectivity index is 1.43. The molecule has 10 heteroatoms. The van der Waals surface area contributed by atoms with E-state index in [-0.39, 0.29) is 17.4 Å². The topological polar surface area (TPSA) is 121 Å². The lowest BCUT2D eigenvalue weighted by Crippen LogP contribution is -2.51. The number of carbonyl (C=O) groups is 1. The summed E-state index contributed by atoms with van der Waals surface area (Å²) in [5.41, 5.74) is 2.04. The number of nitrogens with one attached hydrogen (secondary N) is 1. The molecule has 2 aromatic rings. The van der Waals surface area contributed by atoms with Crippen LogP contribution in [0.25, 0.3) is 0 Å². The van der Waals surface area contributed by atoms with Crippen molar-refractivity contribution in [3.8, 4) is 0 Å². The minimum absolute atomic E-state index is 0.0825. The summed E-state index contributed by atoms with van der Waals surface area (Å²) in [6.07, 6.45) is 2.17. The number of piperazine rings is 1. The van der Waals surface area contributed by atoms with Crippen LogP contribution in [0, 0.1) is 10.1 Å². The number of ether oxygens (including phenoxy) is 1. The summed E-state index contributed by atoms with van der Waals surface area (Å²) in [5.74, 6) is -0.229. The van der Waals surface area contributed by atoms with Crippen LogP contribution < -0.4 is 10.2 Å². The largest absolute Gasteiger partial charge is 0.478 e. The van der Waals surface area contributed by atoms with Crippen molar-refractivity contribution < 1.29 is 19.6 Å². The zero-order valence-corrected chi connectivity index (χ0v) is 18.2. The molecule has 2 N–H and O–H groups in total. The number of anilines is 2. The molecule has 1 unspecified atom stereocenters. The van der Waals surface area contributed by atoms with E-state index in [0.717, 1.165) is 63.0 Å².